The molecule has 0 aliphatic heterocycles. The van der Waals surface area contributed by atoms with E-state index in [2.05, 4.69) is 12.2 Å². The van der Waals surface area contributed by atoms with Gasteiger partial charge >= 0.3 is 5.97 Å². The number of nitrogens with one attached hydrogen (secondary N) is 1. The van der Waals surface area contributed by atoms with E-state index in [1.54, 1.807) is 24.3 Å². The van der Waals surface area contributed by atoms with Gasteiger partial charge in [-0.3, -0.25) is 4.79 Å². The van der Waals surface area contributed by atoms with Crippen LogP contribution in [0.25, 0.3) is 0 Å². The van der Waals surface area contributed by atoms with Crippen LogP contribution in [0.4, 0.5) is 5.69 Å². The Morgan fingerprint density at radius 1 is 1.04 bits per heavy atom. The Morgan fingerprint density at radius 2 is 1.78 bits per heavy atom. The summed E-state index contributed by atoms with van der Waals surface area (Å²) in [5.74, 6) is -0.179. The molecule has 0 radical (unpaired) electrons. The predicted octanol–water partition coefficient (Wildman–Crippen LogP) is 4.53. The fourth-order valence-electron chi connectivity index (χ4n) is 2.61. The Balaban J connectivity index is 1.87. The van der Waals surface area contributed by atoms with E-state index < -0.39 is 5.97 Å². The molecule has 0 aliphatic carbocycles. The van der Waals surface area contributed by atoms with Crippen LogP contribution in [0.2, 0.25) is 0 Å². The Morgan fingerprint density at radius 3 is 2.44 bits per heavy atom. The molecule has 0 aromatic heterocycles. The van der Waals surface area contributed by atoms with Crippen LogP contribution in [-0.2, 0) is 16.0 Å². The maximum absolute atomic E-state index is 12.2. The van der Waals surface area contributed by atoms with Crippen LogP contribution in [0.5, 0.6) is 5.75 Å². The largest absolute Gasteiger partial charge is 0.494 e. The molecule has 0 saturated heterocycles. The summed E-state index contributed by atoms with van der Waals surface area (Å²) >= 11 is 0. The number of hydrogen-bond donors (Lipinski definition) is 1. The topological polar surface area (TPSA) is 64.6 Å². The van der Waals surface area contributed by atoms with Crippen LogP contribution in [0.3, 0.4) is 0 Å². The lowest BCUT2D eigenvalue weighted by molar-refractivity contribution is -0.119. The number of ether oxygens (including phenoxy) is 2. The molecule has 0 atom stereocenters. The standard InChI is InChI=1S/C22H27NO4/c1-4-6-14-26-19-12-10-18(11-13-19)22(25)27-15-20(24)23-21-16(3)8-7-9-17(21)5-2/h7-13H,4-6,14-15H2,1-3H3,(H,23,24). The number of amides is 1. The van der Waals surface area contributed by atoms with E-state index in [1.165, 1.54) is 0 Å². The number of unbranched alkanes of at least 4 members (excludes halogenated alkanes) is 1. The minimum Gasteiger partial charge on any atom is -0.494 e. The third-order valence-corrected chi connectivity index (χ3v) is 4.20. The SMILES string of the molecule is CCCCOc1ccc(C(=O)OCC(=O)Nc2c(C)cccc2CC)cc1. The first-order valence-corrected chi connectivity index (χ1v) is 9.33. The molecule has 5 heteroatoms. The molecule has 1 amide bonds. The lowest BCUT2D eigenvalue weighted by Gasteiger charge is -2.13. The van der Waals surface area contributed by atoms with Crippen molar-refractivity contribution in [3.8, 4) is 5.75 Å². The van der Waals surface area contributed by atoms with Gasteiger partial charge in [-0.1, -0.05) is 38.5 Å². The smallest absolute Gasteiger partial charge is 0.338 e. The molecule has 0 unspecified atom stereocenters. The quantitative estimate of drug-likeness (QED) is 0.521. The van der Waals surface area contributed by atoms with Gasteiger partial charge in [0.15, 0.2) is 6.61 Å². The lowest BCUT2D eigenvalue weighted by atomic mass is 10.1. The molecule has 1 N–H and O–H groups in total. The maximum Gasteiger partial charge on any atom is 0.338 e. The highest BCUT2D eigenvalue weighted by atomic mass is 16.5. The zero-order chi connectivity index (χ0) is 19.6. The number of carbonyl (C=O) groups excluding carboxylic acids is 2. The van der Waals surface area contributed by atoms with Gasteiger partial charge in [-0.2, -0.15) is 0 Å². The van der Waals surface area contributed by atoms with Crippen LogP contribution >= 0.6 is 0 Å². The van der Waals surface area contributed by atoms with Crippen molar-refractivity contribution in [1.82, 2.24) is 0 Å². The number of carbonyl (C=O) groups is 2. The van der Waals surface area contributed by atoms with E-state index in [1.807, 2.05) is 32.0 Å². The van der Waals surface area contributed by atoms with Gasteiger partial charge in [-0.05, 0) is 55.2 Å². The first kappa shape index (κ1) is 20.5. The molecule has 2 rings (SSSR count). The molecule has 27 heavy (non-hydrogen) atoms. The number of esters is 1. The molecule has 0 spiro atoms. The summed E-state index contributed by atoms with van der Waals surface area (Å²) < 4.78 is 10.7. The second-order valence-corrected chi connectivity index (χ2v) is 6.31. The summed E-state index contributed by atoms with van der Waals surface area (Å²) in [6.07, 6.45) is 2.86. The molecule has 0 bridgehead atoms. The van der Waals surface area contributed by atoms with Crippen LogP contribution < -0.4 is 10.1 Å². The summed E-state index contributed by atoms with van der Waals surface area (Å²) in [6.45, 7) is 6.38. The van der Waals surface area contributed by atoms with E-state index >= 15 is 0 Å². The predicted molar refractivity (Wildman–Crippen MR) is 106 cm³/mol. The van der Waals surface area contributed by atoms with Crippen molar-refractivity contribution in [2.24, 2.45) is 0 Å². The number of benzene rings is 2. The summed E-state index contributed by atoms with van der Waals surface area (Å²) in [6, 6.07) is 12.6. The number of aryl methyl sites for hydroxylation is 2. The van der Waals surface area contributed by atoms with Gasteiger partial charge in [-0.25, -0.2) is 4.79 Å². The fourth-order valence-corrected chi connectivity index (χ4v) is 2.61. The van der Waals surface area contributed by atoms with E-state index in [4.69, 9.17) is 9.47 Å². The highest BCUT2D eigenvalue weighted by Gasteiger charge is 2.13. The Kier molecular flexibility index (Phi) is 7.86. The van der Waals surface area contributed by atoms with Crippen LogP contribution in [-0.4, -0.2) is 25.1 Å². The van der Waals surface area contributed by atoms with Gasteiger partial charge in [0.25, 0.3) is 5.91 Å². The zero-order valence-corrected chi connectivity index (χ0v) is 16.2. The van der Waals surface area contributed by atoms with E-state index in [-0.39, 0.29) is 12.5 Å². The number of para-hydroxylation sites is 1. The molecule has 2 aromatic rings. The molecular weight excluding hydrogens is 342 g/mol. The first-order chi connectivity index (χ1) is 13.0. The Hall–Kier alpha value is -2.82. The minimum absolute atomic E-state index is 0.328. The molecule has 144 valence electrons. The molecule has 0 aliphatic rings. The van der Waals surface area contributed by atoms with Crippen molar-refractivity contribution in [2.75, 3.05) is 18.5 Å². The van der Waals surface area contributed by atoms with Gasteiger partial charge in [0, 0.05) is 5.69 Å². The summed E-state index contributed by atoms with van der Waals surface area (Å²) in [7, 11) is 0. The van der Waals surface area contributed by atoms with Crippen LogP contribution in [0.1, 0.15) is 48.2 Å². The second kappa shape index (κ2) is 10.4. The van der Waals surface area contributed by atoms with Crippen molar-refractivity contribution in [2.45, 2.75) is 40.0 Å². The number of hydrogen-bond acceptors (Lipinski definition) is 4. The normalized spacial score (nSPS) is 10.3. The highest BCUT2D eigenvalue weighted by molar-refractivity contribution is 5.96. The monoisotopic (exact) mass is 369 g/mol. The molecule has 5 nitrogen and oxygen atoms in total. The third kappa shape index (κ3) is 6.13. The van der Waals surface area contributed by atoms with Gasteiger partial charge in [0.1, 0.15) is 5.75 Å². The molecule has 0 fully saturated rings. The van der Waals surface area contributed by atoms with Crippen LogP contribution in [0, 0.1) is 6.92 Å². The van der Waals surface area contributed by atoms with E-state index in [0.29, 0.717) is 17.9 Å². The second-order valence-electron chi connectivity index (χ2n) is 6.31. The average Bonchev–Trinajstić information content (AvgIpc) is 2.68. The Bertz CT molecular complexity index is 768. The van der Waals surface area contributed by atoms with Crippen molar-refractivity contribution >= 4 is 17.6 Å². The zero-order valence-electron chi connectivity index (χ0n) is 16.2. The summed E-state index contributed by atoms with van der Waals surface area (Å²) in [4.78, 5) is 24.3. The fraction of sp³-hybridized carbons (Fsp3) is 0.364. The first-order valence-electron chi connectivity index (χ1n) is 9.33. The van der Waals surface area contributed by atoms with Crippen molar-refractivity contribution in [3.63, 3.8) is 0 Å². The molecule has 2 aromatic carbocycles. The summed E-state index contributed by atoms with van der Waals surface area (Å²) in [5, 5.41) is 2.84. The number of rotatable bonds is 9. The number of anilines is 1. The van der Waals surface area contributed by atoms with Gasteiger partial charge in [0.2, 0.25) is 0 Å². The summed E-state index contributed by atoms with van der Waals surface area (Å²) in [5.41, 5.74) is 3.20. The molecule has 0 heterocycles. The molecule has 0 saturated carbocycles. The van der Waals surface area contributed by atoms with Crippen molar-refractivity contribution in [3.05, 3.63) is 59.2 Å². The average molecular weight is 369 g/mol. The molecular formula is C22H27NO4. The van der Waals surface area contributed by atoms with Crippen LogP contribution in [0.15, 0.2) is 42.5 Å². The van der Waals surface area contributed by atoms with E-state index in [9.17, 15) is 9.59 Å². The minimum atomic E-state index is -0.536. The lowest BCUT2D eigenvalue weighted by Crippen LogP contribution is -2.22. The van der Waals surface area contributed by atoms with Gasteiger partial charge in [0.05, 0.1) is 12.2 Å². The van der Waals surface area contributed by atoms with Crippen molar-refractivity contribution in [1.29, 1.82) is 0 Å². The third-order valence-electron chi connectivity index (χ3n) is 4.20. The highest BCUT2D eigenvalue weighted by Crippen LogP contribution is 2.21. The van der Waals surface area contributed by atoms with Crippen molar-refractivity contribution < 1.29 is 19.1 Å². The van der Waals surface area contributed by atoms with Gasteiger partial charge in [-0.15, -0.1) is 0 Å². The van der Waals surface area contributed by atoms with E-state index in [0.717, 1.165) is 36.1 Å². The van der Waals surface area contributed by atoms with Gasteiger partial charge < -0.3 is 14.8 Å². The Labute approximate surface area is 160 Å². The maximum atomic E-state index is 12.2.